The van der Waals surface area contributed by atoms with Gasteiger partial charge in [-0.15, -0.1) is 0 Å². The molecule has 0 N–H and O–H groups in total. The van der Waals surface area contributed by atoms with Crippen LogP contribution in [-0.2, 0) is 24.2 Å². The molecule has 1 saturated carbocycles. The van der Waals surface area contributed by atoms with Gasteiger partial charge in [-0.05, 0) is 48.8 Å². The number of hydrogen-bond donors (Lipinski definition) is 0. The predicted octanol–water partition coefficient (Wildman–Crippen LogP) is 2.44. The van der Waals surface area contributed by atoms with Crippen molar-refractivity contribution in [1.29, 1.82) is 5.26 Å². The Bertz CT molecular complexity index is 567. The Hall–Kier alpha value is -1.82. The van der Waals surface area contributed by atoms with Crippen LogP contribution in [0.2, 0.25) is 0 Å². The summed E-state index contributed by atoms with van der Waals surface area (Å²) in [5, 5.41) is 9.07. The fourth-order valence-electron chi connectivity index (χ4n) is 2.93. The highest BCUT2D eigenvalue weighted by atomic mass is 16.2. The SMILES string of the molecule is CN(Cc1ccc2c(c1)CCC2)C(=O)C1(C#N)CC1. The van der Waals surface area contributed by atoms with E-state index in [9.17, 15) is 4.79 Å². The molecule has 1 amide bonds. The van der Waals surface area contributed by atoms with Crippen LogP contribution >= 0.6 is 0 Å². The quantitative estimate of drug-likeness (QED) is 0.831. The van der Waals surface area contributed by atoms with Gasteiger partial charge in [-0.1, -0.05) is 18.2 Å². The Kier molecular flexibility index (Phi) is 2.82. The number of carbonyl (C=O) groups excluding carboxylic acids is 1. The molecule has 2 aliphatic rings. The van der Waals surface area contributed by atoms with Gasteiger partial charge >= 0.3 is 0 Å². The molecule has 2 aliphatic carbocycles. The van der Waals surface area contributed by atoms with Crippen LogP contribution < -0.4 is 0 Å². The van der Waals surface area contributed by atoms with Crippen LogP contribution in [0.5, 0.6) is 0 Å². The minimum absolute atomic E-state index is 0.0181. The Balaban J connectivity index is 1.72. The molecule has 1 aromatic rings. The molecule has 0 aromatic heterocycles. The van der Waals surface area contributed by atoms with Gasteiger partial charge in [0.05, 0.1) is 6.07 Å². The summed E-state index contributed by atoms with van der Waals surface area (Å²) in [6.07, 6.45) is 5.02. The van der Waals surface area contributed by atoms with Crippen molar-refractivity contribution in [2.24, 2.45) is 5.41 Å². The van der Waals surface area contributed by atoms with Gasteiger partial charge in [0, 0.05) is 13.6 Å². The van der Waals surface area contributed by atoms with Gasteiger partial charge in [-0.25, -0.2) is 0 Å². The molecular weight excluding hydrogens is 236 g/mol. The molecule has 0 unspecified atom stereocenters. The molecular formula is C16H18N2O. The molecule has 3 rings (SSSR count). The number of nitrogens with zero attached hydrogens (tertiary/aromatic N) is 2. The maximum atomic E-state index is 12.2. The van der Waals surface area contributed by atoms with E-state index in [2.05, 4.69) is 24.3 Å². The normalized spacial score (nSPS) is 18.5. The van der Waals surface area contributed by atoms with Crippen LogP contribution in [0.3, 0.4) is 0 Å². The fraction of sp³-hybridized carbons (Fsp3) is 0.500. The topological polar surface area (TPSA) is 44.1 Å². The van der Waals surface area contributed by atoms with Gasteiger partial charge in [-0.3, -0.25) is 4.79 Å². The molecule has 0 saturated heterocycles. The predicted molar refractivity (Wildman–Crippen MR) is 72.2 cm³/mol. The Morgan fingerprint density at radius 2 is 2.11 bits per heavy atom. The van der Waals surface area contributed by atoms with Crippen molar-refractivity contribution in [3.05, 3.63) is 34.9 Å². The van der Waals surface area contributed by atoms with E-state index in [0.717, 1.165) is 19.3 Å². The van der Waals surface area contributed by atoms with E-state index in [1.165, 1.54) is 29.5 Å². The maximum Gasteiger partial charge on any atom is 0.243 e. The van der Waals surface area contributed by atoms with Crippen LogP contribution in [0.1, 0.15) is 36.0 Å². The molecule has 0 bridgehead atoms. The molecule has 0 spiro atoms. The first kappa shape index (κ1) is 12.2. The summed E-state index contributed by atoms with van der Waals surface area (Å²) in [7, 11) is 1.80. The first-order valence-corrected chi connectivity index (χ1v) is 6.92. The van der Waals surface area contributed by atoms with E-state index < -0.39 is 5.41 Å². The summed E-state index contributed by atoms with van der Waals surface area (Å²) in [4.78, 5) is 13.9. The Morgan fingerprint density at radius 1 is 1.37 bits per heavy atom. The molecule has 19 heavy (non-hydrogen) atoms. The number of hydrogen-bond acceptors (Lipinski definition) is 2. The lowest BCUT2D eigenvalue weighted by Crippen LogP contribution is -2.33. The highest BCUT2D eigenvalue weighted by molar-refractivity contribution is 5.88. The molecule has 3 heteroatoms. The average Bonchev–Trinajstić information content (AvgIpc) is 3.09. The molecule has 1 fully saturated rings. The zero-order valence-corrected chi connectivity index (χ0v) is 11.3. The highest BCUT2D eigenvalue weighted by Crippen LogP contribution is 2.46. The van der Waals surface area contributed by atoms with Crippen molar-refractivity contribution in [3.63, 3.8) is 0 Å². The van der Waals surface area contributed by atoms with Crippen molar-refractivity contribution < 1.29 is 4.79 Å². The second-order valence-corrected chi connectivity index (χ2v) is 5.81. The molecule has 0 radical (unpaired) electrons. The van der Waals surface area contributed by atoms with Crippen LogP contribution in [-0.4, -0.2) is 17.9 Å². The number of amides is 1. The lowest BCUT2D eigenvalue weighted by molar-refractivity contribution is -0.134. The zero-order chi connectivity index (χ0) is 13.5. The van der Waals surface area contributed by atoms with Crippen molar-refractivity contribution in [3.8, 4) is 6.07 Å². The highest BCUT2D eigenvalue weighted by Gasteiger charge is 2.51. The van der Waals surface area contributed by atoms with Gasteiger partial charge in [0.15, 0.2) is 0 Å². The van der Waals surface area contributed by atoms with E-state index in [1.807, 2.05) is 0 Å². The summed E-state index contributed by atoms with van der Waals surface area (Å²) < 4.78 is 0. The first-order chi connectivity index (χ1) is 9.14. The van der Waals surface area contributed by atoms with E-state index in [0.29, 0.717) is 6.54 Å². The summed E-state index contributed by atoms with van der Waals surface area (Å²) in [6, 6.07) is 8.69. The lowest BCUT2D eigenvalue weighted by atomic mass is 10.0. The molecule has 1 aromatic carbocycles. The van der Waals surface area contributed by atoms with Gasteiger partial charge in [-0.2, -0.15) is 5.26 Å². The zero-order valence-electron chi connectivity index (χ0n) is 11.3. The minimum atomic E-state index is -0.703. The molecule has 3 nitrogen and oxygen atoms in total. The molecule has 0 heterocycles. The third kappa shape index (κ3) is 2.12. The molecule has 98 valence electrons. The fourth-order valence-corrected chi connectivity index (χ4v) is 2.93. The third-order valence-electron chi connectivity index (χ3n) is 4.30. The summed E-state index contributed by atoms with van der Waals surface area (Å²) in [5.74, 6) is -0.0181. The van der Waals surface area contributed by atoms with E-state index >= 15 is 0 Å². The first-order valence-electron chi connectivity index (χ1n) is 6.92. The van der Waals surface area contributed by atoms with Crippen molar-refractivity contribution >= 4 is 5.91 Å². The summed E-state index contributed by atoms with van der Waals surface area (Å²) in [5.41, 5.74) is 3.35. The molecule has 0 atom stereocenters. The Labute approximate surface area is 113 Å². The van der Waals surface area contributed by atoms with Crippen LogP contribution in [0, 0.1) is 16.7 Å². The van der Waals surface area contributed by atoms with Gasteiger partial charge in [0.2, 0.25) is 5.91 Å². The van der Waals surface area contributed by atoms with Crippen molar-refractivity contribution in [2.45, 2.75) is 38.6 Å². The lowest BCUT2D eigenvalue weighted by Gasteiger charge is -2.20. The number of fused-ring (bicyclic) bond motifs is 1. The number of carbonyl (C=O) groups is 1. The summed E-state index contributed by atoms with van der Waals surface area (Å²) in [6.45, 7) is 0.607. The summed E-state index contributed by atoms with van der Waals surface area (Å²) >= 11 is 0. The number of nitriles is 1. The largest absolute Gasteiger partial charge is 0.340 e. The van der Waals surface area contributed by atoms with Gasteiger partial charge in [0.1, 0.15) is 5.41 Å². The van der Waals surface area contributed by atoms with E-state index in [-0.39, 0.29) is 5.91 Å². The number of rotatable bonds is 3. The van der Waals surface area contributed by atoms with Gasteiger partial charge in [0.25, 0.3) is 0 Å². The standard InChI is InChI=1S/C16H18N2O/c1-18(15(19)16(11-17)7-8-16)10-12-5-6-13-3-2-4-14(13)9-12/h5-6,9H,2-4,7-8,10H2,1H3. The van der Waals surface area contributed by atoms with Gasteiger partial charge < -0.3 is 4.90 Å². The maximum absolute atomic E-state index is 12.2. The van der Waals surface area contributed by atoms with E-state index in [4.69, 9.17) is 5.26 Å². The smallest absolute Gasteiger partial charge is 0.243 e. The van der Waals surface area contributed by atoms with E-state index in [1.54, 1.807) is 11.9 Å². The average molecular weight is 254 g/mol. The van der Waals surface area contributed by atoms with Crippen LogP contribution in [0.4, 0.5) is 0 Å². The van der Waals surface area contributed by atoms with Crippen LogP contribution in [0.25, 0.3) is 0 Å². The monoisotopic (exact) mass is 254 g/mol. The third-order valence-corrected chi connectivity index (χ3v) is 4.30. The molecule has 0 aliphatic heterocycles. The second kappa shape index (κ2) is 4.38. The number of aryl methyl sites for hydroxylation is 2. The Morgan fingerprint density at radius 3 is 2.79 bits per heavy atom. The van der Waals surface area contributed by atoms with Crippen molar-refractivity contribution in [2.75, 3.05) is 7.05 Å². The van der Waals surface area contributed by atoms with Crippen LogP contribution in [0.15, 0.2) is 18.2 Å². The second-order valence-electron chi connectivity index (χ2n) is 5.81. The minimum Gasteiger partial charge on any atom is -0.340 e. The number of benzene rings is 1. The van der Waals surface area contributed by atoms with Crippen molar-refractivity contribution in [1.82, 2.24) is 4.90 Å².